The van der Waals surface area contributed by atoms with Crippen molar-refractivity contribution >= 4 is 17.6 Å². The summed E-state index contributed by atoms with van der Waals surface area (Å²) >= 11 is 6.21. The van der Waals surface area contributed by atoms with E-state index in [9.17, 15) is 9.90 Å². The second-order valence-corrected chi connectivity index (χ2v) is 5.30. The molecule has 1 aromatic carbocycles. The topological polar surface area (TPSA) is 55.1 Å². The minimum atomic E-state index is -0.853. The number of halogens is 1. The molecular weight excluding hydrogens is 276 g/mol. The van der Waals surface area contributed by atoms with Crippen LogP contribution in [0.3, 0.4) is 0 Å². The Kier molecular flexibility index (Phi) is 4.14. The third-order valence-corrected chi connectivity index (χ3v) is 4.01. The number of aliphatic carboxylic acids is 1. The van der Waals surface area contributed by atoms with Gasteiger partial charge in [-0.3, -0.25) is 9.48 Å². The first kappa shape index (κ1) is 14.6. The number of hydrogen-bond acceptors (Lipinski definition) is 2. The van der Waals surface area contributed by atoms with E-state index in [0.717, 1.165) is 22.5 Å². The molecule has 0 saturated carbocycles. The average molecular weight is 293 g/mol. The minimum Gasteiger partial charge on any atom is -0.481 e. The van der Waals surface area contributed by atoms with E-state index < -0.39 is 11.9 Å². The van der Waals surface area contributed by atoms with Crippen molar-refractivity contribution in [3.63, 3.8) is 0 Å². The Hall–Kier alpha value is -1.81. The lowest BCUT2D eigenvalue weighted by atomic mass is 9.91. The van der Waals surface area contributed by atoms with Crippen LogP contribution in [0, 0.1) is 13.8 Å². The fourth-order valence-electron chi connectivity index (χ4n) is 2.40. The lowest BCUT2D eigenvalue weighted by Crippen LogP contribution is -2.17. The molecule has 0 spiro atoms. The number of hydrogen-bond donors (Lipinski definition) is 1. The first-order valence-corrected chi connectivity index (χ1v) is 6.76. The maximum absolute atomic E-state index is 11.6. The summed E-state index contributed by atoms with van der Waals surface area (Å²) in [5.74, 6) is -1.47. The molecule has 1 atom stereocenters. The molecule has 0 saturated heterocycles. The molecule has 0 aliphatic heterocycles. The van der Waals surface area contributed by atoms with Crippen molar-refractivity contribution in [2.24, 2.45) is 7.05 Å². The number of benzene rings is 1. The zero-order chi connectivity index (χ0) is 14.9. The van der Waals surface area contributed by atoms with Crippen molar-refractivity contribution in [1.82, 2.24) is 9.78 Å². The maximum Gasteiger partial charge on any atom is 0.311 e. The Morgan fingerprint density at radius 1 is 1.40 bits per heavy atom. The van der Waals surface area contributed by atoms with E-state index >= 15 is 0 Å². The van der Waals surface area contributed by atoms with Crippen LogP contribution >= 0.6 is 11.6 Å². The molecule has 1 aromatic heterocycles. The Morgan fingerprint density at radius 3 is 2.55 bits per heavy atom. The van der Waals surface area contributed by atoms with Gasteiger partial charge in [-0.25, -0.2) is 0 Å². The van der Waals surface area contributed by atoms with Gasteiger partial charge in [0.1, 0.15) is 0 Å². The second kappa shape index (κ2) is 5.67. The third kappa shape index (κ3) is 2.70. The standard InChI is InChI=1S/C15H17ClN2O2/c1-9-6-4-5-7-11(9)12(15(19)20)8-13-14(16)10(2)17-18(13)3/h4-7,12H,8H2,1-3H3,(H,19,20). The summed E-state index contributed by atoms with van der Waals surface area (Å²) in [6.07, 6.45) is 0.330. The quantitative estimate of drug-likeness (QED) is 0.942. The molecule has 0 aliphatic rings. The summed E-state index contributed by atoms with van der Waals surface area (Å²) in [4.78, 5) is 11.6. The van der Waals surface area contributed by atoms with Crippen LogP contribution in [0.5, 0.6) is 0 Å². The molecule has 2 aromatic rings. The molecule has 1 N–H and O–H groups in total. The van der Waals surface area contributed by atoms with Crippen LogP contribution in [0.15, 0.2) is 24.3 Å². The number of rotatable bonds is 4. The van der Waals surface area contributed by atoms with Crippen molar-refractivity contribution in [2.45, 2.75) is 26.2 Å². The number of nitrogens with zero attached hydrogens (tertiary/aromatic N) is 2. The highest BCUT2D eigenvalue weighted by Gasteiger charge is 2.25. The van der Waals surface area contributed by atoms with Gasteiger partial charge in [0.2, 0.25) is 0 Å². The van der Waals surface area contributed by atoms with Crippen molar-refractivity contribution in [2.75, 3.05) is 0 Å². The third-order valence-electron chi connectivity index (χ3n) is 3.52. The van der Waals surface area contributed by atoms with E-state index in [1.807, 2.05) is 38.1 Å². The largest absolute Gasteiger partial charge is 0.481 e. The smallest absolute Gasteiger partial charge is 0.311 e. The molecule has 106 valence electrons. The predicted octanol–water partition coefficient (Wildman–Crippen LogP) is 3.10. The Bertz CT molecular complexity index is 649. The summed E-state index contributed by atoms with van der Waals surface area (Å²) in [5.41, 5.74) is 3.25. The molecule has 20 heavy (non-hydrogen) atoms. The molecule has 0 radical (unpaired) electrons. The second-order valence-electron chi connectivity index (χ2n) is 4.92. The summed E-state index contributed by atoms with van der Waals surface area (Å²) in [7, 11) is 1.78. The summed E-state index contributed by atoms with van der Waals surface area (Å²) < 4.78 is 1.66. The van der Waals surface area contributed by atoms with Crippen molar-refractivity contribution in [3.8, 4) is 0 Å². The molecule has 2 rings (SSSR count). The van der Waals surface area contributed by atoms with Crippen LogP contribution in [0.25, 0.3) is 0 Å². The molecule has 4 nitrogen and oxygen atoms in total. The van der Waals surface area contributed by atoms with E-state index in [1.54, 1.807) is 11.7 Å². The molecule has 0 aliphatic carbocycles. The first-order valence-electron chi connectivity index (χ1n) is 6.38. The number of carbonyl (C=O) groups is 1. The van der Waals surface area contributed by atoms with Crippen LogP contribution in [0.2, 0.25) is 5.02 Å². The Morgan fingerprint density at radius 2 is 2.05 bits per heavy atom. The zero-order valence-corrected chi connectivity index (χ0v) is 12.5. The fourth-order valence-corrected chi connectivity index (χ4v) is 2.64. The van der Waals surface area contributed by atoms with Gasteiger partial charge in [-0.15, -0.1) is 0 Å². The van der Waals surface area contributed by atoms with Crippen LogP contribution in [-0.4, -0.2) is 20.9 Å². The number of aryl methyl sites for hydroxylation is 3. The highest BCUT2D eigenvalue weighted by molar-refractivity contribution is 6.31. The number of carboxylic acid groups (broad SMARTS) is 1. The van der Waals surface area contributed by atoms with Gasteiger partial charge in [0, 0.05) is 13.5 Å². The molecule has 5 heteroatoms. The van der Waals surface area contributed by atoms with E-state index in [2.05, 4.69) is 5.10 Å². The zero-order valence-electron chi connectivity index (χ0n) is 11.7. The molecule has 0 amide bonds. The highest BCUT2D eigenvalue weighted by atomic mass is 35.5. The van der Waals surface area contributed by atoms with E-state index in [4.69, 9.17) is 11.6 Å². The van der Waals surface area contributed by atoms with Gasteiger partial charge in [-0.1, -0.05) is 35.9 Å². The van der Waals surface area contributed by atoms with Crippen LogP contribution in [0.1, 0.15) is 28.4 Å². The monoisotopic (exact) mass is 292 g/mol. The lowest BCUT2D eigenvalue weighted by molar-refractivity contribution is -0.138. The van der Waals surface area contributed by atoms with Crippen LogP contribution < -0.4 is 0 Å². The predicted molar refractivity (Wildman–Crippen MR) is 78.2 cm³/mol. The molecule has 0 fully saturated rings. The van der Waals surface area contributed by atoms with Crippen molar-refractivity contribution in [3.05, 3.63) is 51.8 Å². The normalized spacial score (nSPS) is 12.4. The first-order chi connectivity index (χ1) is 9.41. The summed E-state index contributed by atoms with van der Waals surface area (Å²) in [6.45, 7) is 3.73. The lowest BCUT2D eigenvalue weighted by Gasteiger charge is -2.15. The van der Waals surface area contributed by atoms with Crippen LogP contribution in [0.4, 0.5) is 0 Å². The van der Waals surface area contributed by atoms with Gasteiger partial charge >= 0.3 is 5.97 Å². The minimum absolute atomic E-state index is 0.330. The number of carboxylic acids is 1. The van der Waals surface area contributed by atoms with Crippen molar-refractivity contribution in [1.29, 1.82) is 0 Å². The molecular formula is C15H17ClN2O2. The molecule has 1 unspecified atom stereocenters. The Balaban J connectivity index is 2.41. The fraction of sp³-hybridized carbons (Fsp3) is 0.333. The van der Waals surface area contributed by atoms with E-state index in [1.165, 1.54) is 0 Å². The SMILES string of the molecule is Cc1ccccc1C(Cc1c(Cl)c(C)nn1C)C(=O)O. The van der Waals surface area contributed by atoms with Gasteiger partial charge in [-0.05, 0) is 25.0 Å². The maximum atomic E-state index is 11.6. The molecule has 0 bridgehead atoms. The van der Waals surface area contributed by atoms with Gasteiger partial charge in [0.05, 0.1) is 22.3 Å². The number of aromatic nitrogens is 2. The van der Waals surface area contributed by atoms with Gasteiger partial charge < -0.3 is 5.11 Å². The van der Waals surface area contributed by atoms with E-state index in [0.29, 0.717) is 11.4 Å². The molecule has 1 heterocycles. The Labute approximate surface area is 123 Å². The van der Waals surface area contributed by atoms with Gasteiger partial charge in [-0.2, -0.15) is 5.10 Å². The van der Waals surface area contributed by atoms with Gasteiger partial charge in [0.25, 0.3) is 0 Å². The van der Waals surface area contributed by atoms with Crippen molar-refractivity contribution < 1.29 is 9.90 Å². The van der Waals surface area contributed by atoms with E-state index in [-0.39, 0.29) is 0 Å². The highest BCUT2D eigenvalue weighted by Crippen LogP contribution is 2.28. The summed E-state index contributed by atoms with van der Waals surface area (Å²) in [5, 5.41) is 14.3. The average Bonchev–Trinajstić information content (AvgIpc) is 2.62. The summed E-state index contributed by atoms with van der Waals surface area (Å²) in [6, 6.07) is 7.53. The van der Waals surface area contributed by atoms with Crippen LogP contribution in [-0.2, 0) is 18.3 Å². The van der Waals surface area contributed by atoms with Gasteiger partial charge in [0.15, 0.2) is 0 Å².